The Morgan fingerprint density at radius 1 is 0.941 bits per heavy atom. The van der Waals surface area contributed by atoms with E-state index in [9.17, 15) is 27.6 Å². The minimum absolute atomic E-state index is 0.0226. The number of hydrogen-bond acceptors (Lipinski definition) is 9. The van der Waals surface area contributed by atoms with Crippen LogP contribution >= 0.6 is 0 Å². The summed E-state index contributed by atoms with van der Waals surface area (Å²) >= 11 is 0. The van der Waals surface area contributed by atoms with Gasteiger partial charge in [-0.05, 0) is 30.2 Å². The van der Waals surface area contributed by atoms with Gasteiger partial charge in [0, 0.05) is 32.7 Å². The van der Waals surface area contributed by atoms with Gasteiger partial charge in [-0.25, -0.2) is 22.9 Å². The van der Waals surface area contributed by atoms with Gasteiger partial charge in [-0.1, -0.05) is 12.1 Å². The molecule has 34 heavy (non-hydrogen) atoms. The highest BCUT2D eigenvalue weighted by molar-refractivity contribution is 7.90. The van der Waals surface area contributed by atoms with Crippen LogP contribution in [0.25, 0.3) is 0 Å². The molecule has 0 spiro atoms. The average Bonchev–Trinajstić information content (AvgIpc) is 2.77. The first-order valence-electron chi connectivity index (χ1n) is 10.0. The van der Waals surface area contributed by atoms with E-state index >= 15 is 0 Å². The fraction of sp³-hybridized carbons (Fsp3) is 0.286. The molecule has 0 aliphatic heterocycles. The van der Waals surface area contributed by atoms with Crippen LogP contribution in [-0.4, -0.2) is 57.0 Å². The lowest BCUT2D eigenvalue weighted by Crippen LogP contribution is -2.31. The van der Waals surface area contributed by atoms with Crippen LogP contribution in [0.5, 0.6) is 5.88 Å². The van der Waals surface area contributed by atoms with E-state index in [1.54, 1.807) is 12.1 Å². The summed E-state index contributed by atoms with van der Waals surface area (Å²) in [5, 5.41) is 4.98. The first kappa shape index (κ1) is 26.3. The van der Waals surface area contributed by atoms with Gasteiger partial charge in [0.25, 0.3) is 15.9 Å². The van der Waals surface area contributed by atoms with Crippen molar-refractivity contribution in [3.05, 3.63) is 53.7 Å². The van der Waals surface area contributed by atoms with E-state index in [0.29, 0.717) is 13.0 Å². The third-order valence-electron chi connectivity index (χ3n) is 4.12. The van der Waals surface area contributed by atoms with Crippen LogP contribution in [0.4, 0.5) is 4.79 Å². The Bertz CT molecular complexity index is 1130. The fourth-order valence-electron chi connectivity index (χ4n) is 2.51. The molecule has 13 heteroatoms. The Morgan fingerprint density at radius 3 is 2.24 bits per heavy atom. The molecule has 0 atom stereocenters. The highest BCUT2D eigenvalue weighted by Crippen LogP contribution is 2.13. The number of ether oxygens (including phenoxy) is 2. The molecule has 1 heterocycles. The Labute approximate surface area is 196 Å². The zero-order chi connectivity index (χ0) is 25.1. The Kier molecular flexibility index (Phi) is 9.49. The number of amides is 3. The lowest BCUT2D eigenvalue weighted by Gasteiger charge is -2.09. The second-order valence-corrected chi connectivity index (χ2v) is 8.54. The Balaban J connectivity index is 1.90. The summed E-state index contributed by atoms with van der Waals surface area (Å²) in [5.74, 6) is -1.68. The maximum Gasteiger partial charge on any atom is 0.414 e. The molecule has 3 N–H and O–H groups in total. The lowest BCUT2D eigenvalue weighted by molar-refractivity contribution is -0.140. The molecule has 0 unspecified atom stereocenters. The molecule has 12 nitrogen and oxygen atoms in total. The van der Waals surface area contributed by atoms with Gasteiger partial charge in [0.05, 0.1) is 17.0 Å². The van der Waals surface area contributed by atoms with E-state index in [4.69, 9.17) is 4.74 Å². The molecule has 182 valence electrons. The van der Waals surface area contributed by atoms with Crippen molar-refractivity contribution in [2.75, 3.05) is 19.7 Å². The van der Waals surface area contributed by atoms with Crippen LogP contribution in [0.15, 0.2) is 47.5 Å². The van der Waals surface area contributed by atoms with Crippen LogP contribution in [0.2, 0.25) is 0 Å². The smallest absolute Gasteiger partial charge is 0.414 e. The molecule has 0 aliphatic rings. The van der Waals surface area contributed by atoms with Crippen LogP contribution in [0.1, 0.15) is 29.8 Å². The molecular formula is C21H24N4O8S. The SMILES string of the molecule is CC(=O)NCCc1ccc(S(=O)(=O)NC(=O)c2ccc(OC(=O)NCCOC(C)=O)nc2)cc1. The summed E-state index contributed by atoms with van der Waals surface area (Å²) in [6, 6.07) is 8.35. The third kappa shape index (κ3) is 8.86. The second-order valence-electron chi connectivity index (χ2n) is 6.85. The topological polar surface area (TPSA) is 170 Å². The molecule has 3 amide bonds. The quantitative estimate of drug-likeness (QED) is 0.316. The van der Waals surface area contributed by atoms with Crippen molar-refractivity contribution in [3.63, 3.8) is 0 Å². The summed E-state index contributed by atoms with van der Waals surface area (Å²) in [7, 11) is -4.13. The molecule has 2 aromatic rings. The van der Waals surface area contributed by atoms with Crippen LogP contribution in [0, 0.1) is 0 Å². The van der Waals surface area contributed by atoms with Gasteiger partial charge in [-0.15, -0.1) is 0 Å². The molecule has 0 saturated heterocycles. The number of aromatic nitrogens is 1. The molecule has 0 radical (unpaired) electrons. The number of pyridine rings is 1. The van der Waals surface area contributed by atoms with Crippen molar-refractivity contribution in [2.45, 2.75) is 25.2 Å². The minimum atomic E-state index is -4.13. The Hall–Kier alpha value is -4.00. The highest BCUT2D eigenvalue weighted by Gasteiger charge is 2.19. The Morgan fingerprint density at radius 2 is 1.65 bits per heavy atom. The molecule has 2 rings (SSSR count). The van der Waals surface area contributed by atoms with Gasteiger partial charge in [0.1, 0.15) is 6.61 Å². The molecule has 1 aromatic carbocycles. The molecule has 0 bridgehead atoms. The van der Waals surface area contributed by atoms with Crippen molar-refractivity contribution in [3.8, 4) is 5.88 Å². The van der Waals surface area contributed by atoms with E-state index in [2.05, 4.69) is 20.4 Å². The largest absolute Gasteiger partial charge is 0.464 e. The van der Waals surface area contributed by atoms with Crippen molar-refractivity contribution in [2.24, 2.45) is 0 Å². The van der Waals surface area contributed by atoms with Gasteiger partial charge in [0.15, 0.2) is 0 Å². The highest BCUT2D eigenvalue weighted by atomic mass is 32.2. The van der Waals surface area contributed by atoms with Crippen molar-refractivity contribution in [1.82, 2.24) is 20.3 Å². The van der Waals surface area contributed by atoms with Crippen LogP contribution in [-0.2, 0) is 30.8 Å². The second kappa shape index (κ2) is 12.3. The lowest BCUT2D eigenvalue weighted by atomic mass is 10.1. The van der Waals surface area contributed by atoms with Crippen LogP contribution in [0.3, 0.4) is 0 Å². The minimum Gasteiger partial charge on any atom is -0.464 e. The predicted octanol–water partition coefficient (Wildman–Crippen LogP) is 0.530. The summed E-state index contributed by atoms with van der Waals surface area (Å²) in [6.45, 7) is 3.07. The van der Waals surface area contributed by atoms with Gasteiger partial charge in [-0.2, -0.15) is 0 Å². The number of hydrogen-bond donors (Lipinski definition) is 3. The molecule has 0 aliphatic carbocycles. The van der Waals surface area contributed by atoms with Crippen molar-refractivity contribution in [1.29, 1.82) is 0 Å². The normalized spacial score (nSPS) is 10.6. The van der Waals surface area contributed by atoms with Gasteiger partial charge >= 0.3 is 12.1 Å². The third-order valence-corrected chi connectivity index (χ3v) is 5.47. The van der Waals surface area contributed by atoms with Gasteiger partial charge in [-0.3, -0.25) is 14.4 Å². The zero-order valence-corrected chi connectivity index (χ0v) is 19.3. The van der Waals surface area contributed by atoms with E-state index in [-0.39, 0.29) is 35.4 Å². The number of rotatable bonds is 10. The van der Waals surface area contributed by atoms with Crippen molar-refractivity contribution < 1.29 is 37.1 Å². The van der Waals surface area contributed by atoms with Gasteiger partial charge < -0.3 is 20.1 Å². The number of carbonyl (C=O) groups is 4. The summed E-state index contributed by atoms with van der Waals surface area (Å²) in [5.41, 5.74) is 0.743. The van der Waals surface area contributed by atoms with E-state index in [1.165, 1.54) is 38.1 Å². The summed E-state index contributed by atoms with van der Waals surface area (Å²) in [6.07, 6.45) is 0.730. The number of nitrogens with one attached hydrogen (secondary N) is 3. The number of benzene rings is 1. The summed E-state index contributed by atoms with van der Waals surface area (Å²) in [4.78, 5) is 49.2. The molecule has 0 fully saturated rings. The van der Waals surface area contributed by atoms with Gasteiger partial charge in [0.2, 0.25) is 11.8 Å². The number of sulfonamides is 1. The monoisotopic (exact) mass is 492 g/mol. The maximum atomic E-state index is 12.5. The first-order valence-corrected chi connectivity index (χ1v) is 11.5. The number of nitrogens with zero attached hydrogens (tertiary/aromatic N) is 1. The van der Waals surface area contributed by atoms with E-state index < -0.39 is 28.0 Å². The average molecular weight is 493 g/mol. The van der Waals surface area contributed by atoms with E-state index in [0.717, 1.165) is 11.8 Å². The molecule has 1 aromatic heterocycles. The predicted molar refractivity (Wildman–Crippen MR) is 118 cm³/mol. The van der Waals surface area contributed by atoms with E-state index in [1.807, 2.05) is 4.72 Å². The molecular weight excluding hydrogens is 468 g/mol. The maximum absolute atomic E-state index is 12.5. The summed E-state index contributed by atoms with van der Waals surface area (Å²) < 4.78 is 36.5. The standard InChI is InChI=1S/C21H24N4O8S/c1-14(26)22-10-9-16-3-6-18(7-4-16)34(30,31)25-20(28)17-5-8-19(24-13-17)33-21(29)23-11-12-32-15(2)27/h3-8,13H,9-12H2,1-2H3,(H,22,26)(H,23,29)(H,25,28). The first-order chi connectivity index (χ1) is 16.1. The van der Waals surface area contributed by atoms with Crippen LogP contribution < -0.4 is 20.1 Å². The number of carbonyl (C=O) groups excluding carboxylic acids is 4. The molecule has 0 saturated carbocycles. The number of esters is 1. The fourth-order valence-corrected chi connectivity index (χ4v) is 3.49. The van der Waals surface area contributed by atoms with Crippen molar-refractivity contribution >= 4 is 33.9 Å². The zero-order valence-electron chi connectivity index (χ0n) is 18.5.